The summed E-state index contributed by atoms with van der Waals surface area (Å²) in [5, 5.41) is 13.1. The average molecular weight is 296 g/mol. The summed E-state index contributed by atoms with van der Waals surface area (Å²) >= 11 is 0. The van der Waals surface area contributed by atoms with Crippen LogP contribution in [0.4, 0.5) is 4.39 Å². The highest BCUT2D eigenvalue weighted by Crippen LogP contribution is 2.42. The van der Waals surface area contributed by atoms with Crippen molar-refractivity contribution in [3.63, 3.8) is 0 Å². The Morgan fingerprint density at radius 1 is 1.38 bits per heavy atom. The van der Waals surface area contributed by atoms with Gasteiger partial charge in [-0.05, 0) is 6.07 Å². The highest BCUT2D eigenvalue weighted by atomic mass is 19.1. The number of hydrogen-bond donors (Lipinski definition) is 2. The van der Waals surface area contributed by atoms with E-state index in [1.54, 1.807) is 6.07 Å². The molecule has 1 aromatic carbocycles. The van der Waals surface area contributed by atoms with Gasteiger partial charge in [0.25, 0.3) is 0 Å². The Morgan fingerprint density at radius 3 is 2.62 bits per heavy atom. The van der Waals surface area contributed by atoms with Gasteiger partial charge in [0.1, 0.15) is 0 Å². The van der Waals surface area contributed by atoms with Gasteiger partial charge in [0.15, 0.2) is 11.6 Å². The molecule has 1 aliphatic heterocycles. The molecule has 0 amide bonds. The molecule has 0 unspecified atom stereocenters. The molecule has 1 aliphatic rings. The fourth-order valence-corrected chi connectivity index (χ4v) is 3.09. The van der Waals surface area contributed by atoms with Gasteiger partial charge in [0.2, 0.25) is 0 Å². The molecule has 0 saturated carbocycles. The quantitative estimate of drug-likeness (QED) is 0.870. The van der Waals surface area contributed by atoms with Gasteiger partial charge in [0, 0.05) is 49.8 Å². The number of halogens is 1. The van der Waals surface area contributed by atoms with Gasteiger partial charge in [0.05, 0.1) is 7.11 Å². The van der Waals surface area contributed by atoms with Crippen LogP contribution in [-0.2, 0) is 0 Å². The molecule has 0 aromatic heterocycles. The summed E-state index contributed by atoms with van der Waals surface area (Å²) in [5.41, 5.74) is 0.414. The average Bonchev–Trinajstić information content (AvgIpc) is 2.48. The van der Waals surface area contributed by atoms with Crippen LogP contribution in [0, 0.1) is 11.2 Å². The molecule has 1 heterocycles. The zero-order valence-corrected chi connectivity index (χ0v) is 13.0. The van der Waals surface area contributed by atoms with E-state index in [1.165, 1.54) is 13.2 Å². The Balaban J connectivity index is 2.46. The summed E-state index contributed by atoms with van der Waals surface area (Å²) in [6.07, 6.45) is 0. The molecule has 0 bridgehead atoms. The van der Waals surface area contributed by atoms with Gasteiger partial charge in [-0.2, -0.15) is 0 Å². The van der Waals surface area contributed by atoms with Gasteiger partial charge < -0.3 is 15.2 Å². The number of aliphatic hydroxyl groups excluding tert-OH is 1. The molecule has 1 atom stereocenters. The van der Waals surface area contributed by atoms with Crippen LogP contribution in [0.3, 0.4) is 0 Å². The number of hydrogen-bond acceptors (Lipinski definition) is 4. The lowest BCUT2D eigenvalue weighted by molar-refractivity contribution is 0.0290. The topological polar surface area (TPSA) is 44.7 Å². The lowest BCUT2D eigenvalue weighted by atomic mass is 9.79. The van der Waals surface area contributed by atoms with E-state index in [4.69, 9.17) is 4.74 Å². The number of ether oxygens (including phenoxy) is 1. The number of benzene rings is 1. The Morgan fingerprint density at radius 2 is 2.05 bits per heavy atom. The molecule has 21 heavy (non-hydrogen) atoms. The molecule has 1 fully saturated rings. The first-order valence-corrected chi connectivity index (χ1v) is 7.39. The van der Waals surface area contributed by atoms with Crippen LogP contribution in [0.2, 0.25) is 0 Å². The number of para-hydroxylation sites is 1. The van der Waals surface area contributed by atoms with E-state index in [-0.39, 0.29) is 24.2 Å². The van der Waals surface area contributed by atoms with Crippen LogP contribution in [-0.4, -0.2) is 49.9 Å². The monoisotopic (exact) mass is 296 g/mol. The summed E-state index contributed by atoms with van der Waals surface area (Å²) < 4.78 is 19.3. The van der Waals surface area contributed by atoms with Gasteiger partial charge in [-0.1, -0.05) is 26.0 Å². The number of aliphatic hydroxyl groups is 1. The van der Waals surface area contributed by atoms with Crippen molar-refractivity contribution in [1.82, 2.24) is 10.2 Å². The normalized spacial score (nSPS) is 18.5. The van der Waals surface area contributed by atoms with E-state index in [0.29, 0.717) is 0 Å². The smallest absolute Gasteiger partial charge is 0.165 e. The van der Waals surface area contributed by atoms with Crippen molar-refractivity contribution in [2.45, 2.75) is 19.9 Å². The van der Waals surface area contributed by atoms with Gasteiger partial charge in [-0.15, -0.1) is 0 Å². The fraction of sp³-hybridized carbons (Fsp3) is 0.625. The van der Waals surface area contributed by atoms with Crippen LogP contribution in [0.1, 0.15) is 25.5 Å². The third kappa shape index (κ3) is 3.36. The first-order valence-electron chi connectivity index (χ1n) is 7.39. The van der Waals surface area contributed by atoms with Crippen molar-refractivity contribution in [3.05, 3.63) is 29.6 Å². The molecule has 2 N–H and O–H groups in total. The third-order valence-corrected chi connectivity index (χ3v) is 4.16. The predicted octanol–water partition coefficient (Wildman–Crippen LogP) is 1.80. The highest BCUT2D eigenvalue weighted by Gasteiger charge is 2.37. The first-order chi connectivity index (χ1) is 10.0. The van der Waals surface area contributed by atoms with Crippen LogP contribution < -0.4 is 10.1 Å². The maximum atomic E-state index is 14.1. The molecule has 0 radical (unpaired) electrons. The molecule has 0 spiro atoms. The predicted molar refractivity (Wildman–Crippen MR) is 81.0 cm³/mol. The second kappa shape index (κ2) is 6.73. The zero-order chi connectivity index (χ0) is 15.5. The molecule has 2 rings (SSSR count). The molecule has 1 saturated heterocycles. The molecular formula is C16H25FN2O2. The van der Waals surface area contributed by atoms with Crippen molar-refractivity contribution in [3.8, 4) is 5.75 Å². The van der Waals surface area contributed by atoms with E-state index >= 15 is 0 Å². The maximum Gasteiger partial charge on any atom is 0.165 e. The lowest BCUT2D eigenvalue weighted by Crippen LogP contribution is -2.49. The van der Waals surface area contributed by atoms with Gasteiger partial charge in [-0.3, -0.25) is 4.90 Å². The van der Waals surface area contributed by atoms with Crippen molar-refractivity contribution in [2.24, 2.45) is 5.41 Å². The minimum atomic E-state index is -0.390. The number of piperazine rings is 1. The Labute approximate surface area is 125 Å². The van der Waals surface area contributed by atoms with Crippen molar-refractivity contribution in [1.29, 1.82) is 0 Å². The van der Waals surface area contributed by atoms with E-state index in [9.17, 15) is 9.50 Å². The van der Waals surface area contributed by atoms with Crippen molar-refractivity contribution >= 4 is 0 Å². The third-order valence-electron chi connectivity index (χ3n) is 4.16. The van der Waals surface area contributed by atoms with Crippen molar-refractivity contribution < 1.29 is 14.2 Å². The van der Waals surface area contributed by atoms with Crippen LogP contribution in [0.15, 0.2) is 18.2 Å². The summed E-state index contributed by atoms with van der Waals surface area (Å²) in [6, 6.07) is 4.92. The van der Waals surface area contributed by atoms with Crippen molar-refractivity contribution in [2.75, 3.05) is 39.9 Å². The number of rotatable bonds is 5. The van der Waals surface area contributed by atoms with E-state index in [2.05, 4.69) is 10.2 Å². The Kier molecular flexibility index (Phi) is 5.19. The van der Waals surface area contributed by atoms with Gasteiger partial charge in [-0.25, -0.2) is 4.39 Å². The van der Waals surface area contributed by atoms with E-state index in [0.717, 1.165) is 31.7 Å². The lowest BCUT2D eigenvalue weighted by Gasteiger charge is -2.43. The Bertz CT molecular complexity index is 473. The maximum absolute atomic E-state index is 14.1. The van der Waals surface area contributed by atoms with E-state index < -0.39 is 5.41 Å². The van der Waals surface area contributed by atoms with Crippen LogP contribution in [0.25, 0.3) is 0 Å². The van der Waals surface area contributed by atoms with Crippen LogP contribution >= 0.6 is 0 Å². The molecular weight excluding hydrogens is 271 g/mol. The SMILES string of the molecule is COc1c(F)cccc1[C@H](N1CCNCC1)C(C)(C)CO. The summed E-state index contributed by atoms with van der Waals surface area (Å²) in [4.78, 5) is 2.30. The minimum Gasteiger partial charge on any atom is -0.493 e. The molecule has 4 nitrogen and oxygen atoms in total. The Hall–Kier alpha value is -1.17. The highest BCUT2D eigenvalue weighted by molar-refractivity contribution is 5.38. The second-order valence-corrected chi connectivity index (χ2v) is 6.20. The molecule has 5 heteroatoms. The molecule has 0 aliphatic carbocycles. The standard InChI is InChI=1S/C16H25FN2O2/c1-16(2,11-20)15(19-9-7-18-8-10-19)12-5-4-6-13(17)14(12)21-3/h4-6,15,18,20H,7-11H2,1-3H3/t15-/m0/s1. The number of methoxy groups -OCH3 is 1. The zero-order valence-electron chi connectivity index (χ0n) is 13.0. The summed E-state index contributed by atoms with van der Waals surface area (Å²) in [5.74, 6) is -0.0774. The van der Waals surface area contributed by atoms with Crippen LogP contribution in [0.5, 0.6) is 5.75 Å². The number of nitrogens with zero attached hydrogens (tertiary/aromatic N) is 1. The number of nitrogens with one attached hydrogen (secondary N) is 1. The largest absolute Gasteiger partial charge is 0.493 e. The molecule has 118 valence electrons. The first kappa shape index (κ1) is 16.2. The molecule has 1 aromatic rings. The second-order valence-electron chi connectivity index (χ2n) is 6.20. The van der Waals surface area contributed by atoms with E-state index in [1.807, 2.05) is 19.9 Å². The minimum absolute atomic E-state index is 0.0290. The fourth-order valence-electron chi connectivity index (χ4n) is 3.09. The summed E-state index contributed by atoms with van der Waals surface area (Å²) in [7, 11) is 1.49. The summed E-state index contributed by atoms with van der Waals surface area (Å²) in [6.45, 7) is 7.57. The van der Waals surface area contributed by atoms with Gasteiger partial charge >= 0.3 is 0 Å².